The molecule has 0 fully saturated rings. The van der Waals surface area contributed by atoms with Crippen LogP contribution in [0.15, 0.2) is 73.1 Å². The van der Waals surface area contributed by atoms with Gasteiger partial charge >= 0.3 is 0 Å². The van der Waals surface area contributed by atoms with E-state index in [1.165, 1.54) is 50.9 Å². The molecule has 0 radical (unpaired) electrons. The topological polar surface area (TPSA) is 149 Å². The van der Waals surface area contributed by atoms with Crippen LogP contribution in [-0.4, -0.2) is 46.9 Å². The molecule has 0 bridgehead atoms. The van der Waals surface area contributed by atoms with Gasteiger partial charge in [0.05, 0.1) is 20.6 Å². The third kappa shape index (κ3) is 8.79. The Balaban J connectivity index is 0.000000425. The van der Waals surface area contributed by atoms with Crippen LogP contribution in [0.1, 0.15) is 27.9 Å². The Morgan fingerprint density at radius 1 is 0.806 bits per heavy atom. The Kier molecular flexibility index (Phi) is 10.4. The number of hydrogen-bond acceptors (Lipinski definition) is 8. The number of pyridine rings is 1. The van der Waals surface area contributed by atoms with Gasteiger partial charge in [0.2, 0.25) is 5.91 Å². The molecule has 186 valence electrons. The molecule has 0 unspecified atom stereocenters. The fourth-order valence-electron chi connectivity index (χ4n) is 2.78. The number of methoxy groups -OCH3 is 2. The minimum atomic E-state index is -0.419. The summed E-state index contributed by atoms with van der Waals surface area (Å²) in [4.78, 5) is 38.0. The standard InChI is InChI=1S/C21H20O6.C6H6N2O/c1-26-20-11-14(5-9-18(20)24)3-7-16(22)13-17(23)8-4-15-6-10-19(25)21(12-15)27-2;7-6(9)5-1-3-8-4-2-5/h3-12,24-25H,13H2,1-2H3;1-4H,(H2,7,9)/b7-3+,8-4+;. The maximum absolute atomic E-state index is 11.9. The molecule has 9 nitrogen and oxygen atoms in total. The van der Waals surface area contributed by atoms with Crippen LogP contribution in [0.4, 0.5) is 0 Å². The van der Waals surface area contributed by atoms with Gasteiger partial charge in [-0.25, -0.2) is 0 Å². The normalized spacial score (nSPS) is 10.5. The van der Waals surface area contributed by atoms with Crippen LogP contribution in [0, 0.1) is 0 Å². The molecular weight excluding hydrogens is 464 g/mol. The largest absolute Gasteiger partial charge is 0.504 e. The van der Waals surface area contributed by atoms with E-state index in [9.17, 15) is 24.6 Å². The van der Waals surface area contributed by atoms with Crippen molar-refractivity contribution < 1.29 is 34.1 Å². The zero-order valence-corrected chi connectivity index (χ0v) is 19.8. The predicted molar refractivity (Wildman–Crippen MR) is 135 cm³/mol. The van der Waals surface area contributed by atoms with Crippen molar-refractivity contribution in [3.8, 4) is 23.0 Å². The van der Waals surface area contributed by atoms with Crippen molar-refractivity contribution >= 4 is 29.6 Å². The van der Waals surface area contributed by atoms with Gasteiger partial charge in [-0.1, -0.05) is 24.3 Å². The Morgan fingerprint density at radius 3 is 1.61 bits per heavy atom. The van der Waals surface area contributed by atoms with Crippen LogP contribution in [-0.2, 0) is 9.59 Å². The minimum Gasteiger partial charge on any atom is -0.504 e. The number of phenols is 2. The summed E-state index contributed by atoms with van der Waals surface area (Å²) >= 11 is 0. The predicted octanol–water partition coefficient (Wildman–Crippen LogP) is 3.55. The highest BCUT2D eigenvalue weighted by Gasteiger charge is 2.06. The third-order valence-electron chi connectivity index (χ3n) is 4.64. The van der Waals surface area contributed by atoms with Gasteiger partial charge in [-0.3, -0.25) is 19.4 Å². The monoisotopic (exact) mass is 490 g/mol. The van der Waals surface area contributed by atoms with Crippen LogP contribution < -0.4 is 15.2 Å². The molecule has 0 aliphatic heterocycles. The maximum atomic E-state index is 11.9. The summed E-state index contributed by atoms with van der Waals surface area (Å²) in [6.45, 7) is 0. The highest BCUT2D eigenvalue weighted by atomic mass is 16.5. The van der Waals surface area contributed by atoms with Crippen molar-refractivity contribution in [1.29, 1.82) is 0 Å². The fourth-order valence-corrected chi connectivity index (χ4v) is 2.78. The Bertz CT molecular complexity index is 1190. The van der Waals surface area contributed by atoms with Gasteiger partial charge in [-0.2, -0.15) is 0 Å². The first kappa shape index (κ1) is 27.3. The lowest BCUT2D eigenvalue weighted by Crippen LogP contribution is -2.10. The number of phenolic OH excluding ortho intramolecular Hbond substituents is 2. The van der Waals surface area contributed by atoms with E-state index < -0.39 is 5.91 Å². The number of allylic oxidation sites excluding steroid dienone is 2. The smallest absolute Gasteiger partial charge is 0.248 e. The number of hydrogen-bond donors (Lipinski definition) is 3. The number of rotatable bonds is 9. The lowest BCUT2D eigenvalue weighted by molar-refractivity contribution is -0.121. The number of amides is 1. The van der Waals surface area contributed by atoms with Crippen molar-refractivity contribution in [3.63, 3.8) is 0 Å². The van der Waals surface area contributed by atoms with Crippen LogP contribution in [0.2, 0.25) is 0 Å². The van der Waals surface area contributed by atoms with Crippen molar-refractivity contribution in [2.75, 3.05) is 14.2 Å². The van der Waals surface area contributed by atoms with Crippen molar-refractivity contribution in [1.82, 2.24) is 4.98 Å². The Hall–Kier alpha value is -4.92. The molecule has 3 aromatic rings. The third-order valence-corrected chi connectivity index (χ3v) is 4.64. The van der Waals surface area contributed by atoms with Crippen LogP contribution in [0.3, 0.4) is 0 Å². The van der Waals surface area contributed by atoms with Gasteiger partial charge < -0.3 is 25.4 Å². The summed E-state index contributed by atoms with van der Waals surface area (Å²) in [7, 11) is 2.87. The van der Waals surface area contributed by atoms with Gasteiger partial charge in [0, 0.05) is 18.0 Å². The number of aromatic nitrogens is 1. The van der Waals surface area contributed by atoms with Crippen LogP contribution in [0.25, 0.3) is 12.2 Å². The molecule has 0 saturated carbocycles. The molecule has 3 rings (SSSR count). The molecule has 0 aliphatic rings. The van der Waals surface area contributed by atoms with E-state index in [0.29, 0.717) is 28.2 Å². The fraction of sp³-hybridized carbons (Fsp3) is 0.111. The number of primary amides is 1. The van der Waals surface area contributed by atoms with Gasteiger partial charge in [0.25, 0.3) is 0 Å². The Morgan fingerprint density at radius 2 is 1.25 bits per heavy atom. The second-order valence-electron chi connectivity index (χ2n) is 7.24. The molecule has 2 aromatic carbocycles. The number of benzene rings is 2. The first-order chi connectivity index (χ1) is 17.2. The summed E-state index contributed by atoms with van der Waals surface area (Å²) in [6, 6.07) is 12.5. The SMILES string of the molecule is COc1cc(/C=C/C(=O)CC(=O)/C=C/c2ccc(O)c(OC)c2)ccc1O.NC(=O)c1ccncc1. The molecule has 1 amide bonds. The molecule has 1 aromatic heterocycles. The molecular formula is C27H26N2O7. The van der Waals surface area contributed by atoms with Crippen molar-refractivity contribution in [3.05, 3.63) is 89.8 Å². The molecule has 0 saturated heterocycles. The molecule has 0 atom stereocenters. The average Bonchev–Trinajstić information content (AvgIpc) is 2.88. The number of aromatic hydroxyl groups is 2. The zero-order chi connectivity index (χ0) is 26.5. The second-order valence-corrected chi connectivity index (χ2v) is 7.24. The molecule has 0 spiro atoms. The summed E-state index contributed by atoms with van der Waals surface area (Å²) in [5, 5.41) is 19.1. The first-order valence-electron chi connectivity index (χ1n) is 10.6. The maximum Gasteiger partial charge on any atom is 0.248 e. The molecule has 9 heteroatoms. The zero-order valence-electron chi connectivity index (χ0n) is 19.8. The summed E-state index contributed by atoms with van der Waals surface area (Å²) in [6.07, 6.45) is 8.50. The first-order valence-corrected chi connectivity index (χ1v) is 10.6. The van der Waals surface area contributed by atoms with E-state index in [0.717, 1.165) is 0 Å². The van der Waals surface area contributed by atoms with E-state index in [2.05, 4.69) is 4.98 Å². The second kappa shape index (κ2) is 13.7. The highest BCUT2D eigenvalue weighted by molar-refractivity contribution is 6.10. The number of nitrogens with two attached hydrogens (primary N) is 1. The van der Waals surface area contributed by atoms with E-state index in [-0.39, 0.29) is 29.5 Å². The minimum absolute atomic E-state index is 0.00662. The molecule has 36 heavy (non-hydrogen) atoms. The lowest BCUT2D eigenvalue weighted by Gasteiger charge is -2.03. The van der Waals surface area contributed by atoms with Crippen molar-refractivity contribution in [2.24, 2.45) is 5.73 Å². The highest BCUT2D eigenvalue weighted by Crippen LogP contribution is 2.27. The summed E-state index contributed by atoms with van der Waals surface area (Å²) in [5.74, 6) is -0.502. The molecule has 1 heterocycles. The number of ketones is 2. The van der Waals surface area contributed by atoms with Crippen LogP contribution >= 0.6 is 0 Å². The van der Waals surface area contributed by atoms with Crippen LogP contribution in [0.5, 0.6) is 23.0 Å². The van der Waals surface area contributed by atoms with E-state index in [1.54, 1.807) is 48.6 Å². The molecule has 4 N–H and O–H groups in total. The van der Waals surface area contributed by atoms with Crippen molar-refractivity contribution in [2.45, 2.75) is 6.42 Å². The number of ether oxygens (including phenoxy) is 2. The van der Waals surface area contributed by atoms with E-state index in [4.69, 9.17) is 15.2 Å². The average molecular weight is 491 g/mol. The summed E-state index contributed by atoms with van der Waals surface area (Å²) in [5.41, 5.74) is 6.77. The van der Waals surface area contributed by atoms with Gasteiger partial charge in [-0.05, 0) is 59.7 Å². The number of carbonyl (C=O) groups is 3. The van der Waals surface area contributed by atoms with Gasteiger partial charge in [0.15, 0.2) is 34.6 Å². The van der Waals surface area contributed by atoms with Gasteiger partial charge in [0.1, 0.15) is 0 Å². The summed E-state index contributed by atoms with van der Waals surface area (Å²) < 4.78 is 10.00. The number of nitrogens with zero attached hydrogens (tertiary/aromatic N) is 1. The van der Waals surface area contributed by atoms with Gasteiger partial charge in [-0.15, -0.1) is 0 Å². The lowest BCUT2D eigenvalue weighted by atomic mass is 10.1. The molecule has 0 aliphatic carbocycles. The quantitative estimate of drug-likeness (QED) is 0.305. The Labute approximate surface area is 208 Å². The number of carbonyl (C=O) groups excluding carboxylic acids is 3. The van der Waals surface area contributed by atoms with E-state index in [1.807, 2.05) is 0 Å². The van der Waals surface area contributed by atoms with E-state index >= 15 is 0 Å².